The zero-order chi connectivity index (χ0) is 12.6. The van der Waals surface area contributed by atoms with Crippen LogP contribution in [0.3, 0.4) is 0 Å². The Morgan fingerprint density at radius 2 is 1.82 bits per heavy atom. The van der Waals surface area contributed by atoms with E-state index < -0.39 is 10.0 Å². The fraction of sp³-hybridized carbons (Fsp3) is 0.545. The second-order valence-corrected chi connectivity index (χ2v) is 6.60. The van der Waals surface area contributed by atoms with Gasteiger partial charge in [-0.1, -0.05) is 13.8 Å². The molecule has 2 rings (SSSR count). The minimum Gasteiger partial charge on any atom is -0.328 e. The van der Waals surface area contributed by atoms with Gasteiger partial charge >= 0.3 is 0 Å². The van der Waals surface area contributed by atoms with Gasteiger partial charge in [0.15, 0.2) is 0 Å². The summed E-state index contributed by atoms with van der Waals surface area (Å²) >= 11 is 0. The van der Waals surface area contributed by atoms with Gasteiger partial charge in [0.2, 0.25) is 15.6 Å². The number of rotatable bonds is 2. The van der Waals surface area contributed by atoms with Crippen molar-refractivity contribution in [2.75, 3.05) is 13.1 Å². The molecule has 1 aromatic rings. The zero-order valence-electron chi connectivity index (χ0n) is 9.88. The molecule has 1 aromatic heterocycles. The second-order valence-electron chi connectivity index (χ2n) is 4.67. The summed E-state index contributed by atoms with van der Waals surface area (Å²) in [5.41, 5.74) is -0.299. The van der Waals surface area contributed by atoms with Crippen molar-refractivity contribution in [1.29, 1.82) is 0 Å². The molecule has 2 heterocycles. The summed E-state index contributed by atoms with van der Waals surface area (Å²) in [4.78, 5) is 13.5. The number of pyridine rings is 1. The van der Waals surface area contributed by atoms with E-state index in [1.807, 2.05) is 13.8 Å². The number of sulfonamides is 1. The van der Waals surface area contributed by atoms with Crippen LogP contribution in [0.2, 0.25) is 0 Å². The van der Waals surface area contributed by atoms with Crippen molar-refractivity contribution < 1.29 is 8.42 Å². The standard InChI is InChI=1S/C11H16N2O3S/c1-8-6-13(7-9(8)2)17(15,16)10-3-4-11(14)12-5-10/h3-5,8-9H,6-7H2,1-2H3,(H,12,14). The number of aromatic nitrogens is 1. The number of hydrogen-bond donors (Lipinski definition) is 1. The fourth-order valence-corrected chi connectivity index (χ4v) is 3.59. The number of H-pyrrole nitrogens is 1. The van der Waals surface area contributed by atoms with E-state index in [9.17, 15) is 13.2 Å². The van der Waals surface area contributed by atoms with E-state index in [1.165, 1.54) is 22.6 Å². The summed E-state index contributed by atoms with van der Waals surface area (Å²) in [5, 5.41) is 0. The monoisotopic (exact) mass is 256 g/mol. The third-order valence-electron chi connectivity index (χ3n) is 3.35. The van der Waals surface area contributed by atoms with Gasteiger partial charge in [-0.25, -0.2) is 8.42 Å². The molecule has 1 N–H and O–H groups in total. The van der Waals surface area contributed by atoms with Crippen LogP contribution in [-0.2, 0) is 10.0 Å². The first kappa shape index (κ1) is 12.3. The summed E-state index contributed by atoms with van der Waals surface area (Å²) in [6.45, 7) is 5.19. The highest BCUT2D eigenvalue weighted by atomic mass is 32.2. The van der Waals surface area contributed by atoms with Crippen LogP contribution >= 0.6 is 0 Å². The van der Waals surface area contributed by atoms with E-state index in [0.29, 0.717) is 24.9 Å². The third kappa shape index (κ3) is 2.28. The van der Waals surface area contributed by atoms with Crippen LogP contribution in [0, 0.1) is 11.8 Å². The molecule has 1 aliphatic heterocycles. The Balaban J connectivity index is 2.31. The van der Waals surface area contributed by atoms with E-state index in [1.54, 1.807) is 0 Å². The molecule has 0 spiro atoms. The maximum atomic E-state index is 12.2. The molecule has 0 aromatic carbocycles. The van der Waals surface area contributed by atoms with Crippen LogP contribution in [0.15, 0.2) is 28.0 Å². The fourth-order valence-electron chi connectivity index (χ4n) is 1.98. The summed E-state index contributed by atoms with van der Waals surface area (Å²) in [6, 6.07) is 2.58. The van der Waals surface area contributed by atoms with Crippen molar-refractivity contribution >= 4 is 10.0 Å². The van der Waals surface area contributed by atoms with Crippen molar-refractivity contribution in [2.24, 2.45) is 11.8 Å². The Hall–Kier alpha value is -1.14. The first-order valence-electron chi connectivity index (χ1n) is 5.60. The topological polar surface area (TPSA) is 70.2 Å². The minimum absolute atomic E-state index is 0.151. The highest BCUT2D eigenvalue weighted by Crippen LogP contribution is 2.27. The average Bonchev–Trinajstić information content (AvgIpc) is 2.60. The lowest BCUT2D eigenvalue weighted by Crippen LogP contribution is -2.29. The molecule has 2 unspecified atom stereocenters. The lowest BCUT2D eigenvalue weighted by atomic mass is 10.0. The molecular weight excluding hydrogens is 240 g/mol. The second kappa shape index (κ2) is 4.27. The molecule has 2 atom stereocenters. The number of hydrogen-bond acceptors (Lipinski definition) is 3. The average molecular weight is 256 g/mol. The lowest BCUT2D eigenvalue weighted by Gasteiger charge is -2.15. The molecule has 0 bridgehead atoms. The molecule has 94 valence electrons. The largest absolute Gasteiger partial charge is 0.328 e. The maximum absolute atomic E-state index is 12.2. The van der Waals surface area contributed by atoms with Gasteiger partial charge in [-0.05, 0) is 17.9 Å². The molecule has 1 fully saturated rings. The van der Waals surface area contributed by atoms with E-state index in [2.05, 4.69) is 4.98 Å². The van der Waals surface area contributed by atoms with Crippen molar-refractivity contribution in [1.82, 2.24) is 9.29 Å². The Bertz CT molecular complexity index is 534. The first-order chi connectivity index (χ1) is 7.91. The molecule has 5 nitrogen and oxygen atoms in total. The van der Waals surface area contributed by atoms with Gasteiger partial charge in [0, 0.05) is 25.4 Å². The smallest absolute Gasteiger partial charge is 0.247 e. The Morgan fingerprint density at radius 1 is 1.24 bits per heavy atom. The van der Waals surface area contributed by atoms with Crippen LogP contribution in [0.5, 0.6) is 0 Å². The maximum Gasteiger partial charge on any atom is 0.247 e. The highest BCUT2D eigenvalue weighted by molar-refractivity contribution is 7.89. The molecule has 0 aliphatic carbocycles. The van der Waals surface area contributed by atoms with E-state index in [0.717, 1.165) is 0 Å². The molecule has 1 aliphatic rings. The third-order valence-corrected chi connectivity index (χ3v) is 5.18. The number of nitrogens with zero attached hydrogens (tertiary/aromatic N) is 1. The van der Waals surface area contributed by atoms with Crippen molar-refractivity contribution in [3.8, 4) is 0 Å². The molecule has 0 saturated carbocycles. The van der Waals surface area contributed by atoms with Gasteiger partial charge in [0.25, 0.3) is 0 Å². The summed E-state index contributed by atoms with van der Waals surface area (Å²) in [7, 11) is -3.46. The van der Waals surface area contributed by atoms with Crippen LogP contribution in [0.25, 0.3) is 0 Å². The van der Waals surface area contributed by atoms with Gasteiger partial charge in [0.05, 0.1) is 4.90 Å². The SMILES string of the molecule is CC1CN(S(=O)(=O)c2ccc(=O)[nH]c2)CC1C. The Morgan fingerprint density at radius 3 is 2.29 bits per heavy atom. The van der Waals surface area contributed by atoms with Crippen LogP contribution in [0.1, 0.15) is 13.8 Å². The summed E-state index contributed by atoms with van der Waals surface area (Å²) < 4.78 is 26.0. The lowest BCUT2D eigenvalue weighted by molar-refractivity contribution is 0.463. The number of nitrogens with one attached hydrogen (secondary N) is 1. The van der Waals surface area contributed by atoms with Gasteiger partial charge in [0.1, 0.15) is 0 Å². The van der Waals surface area contributed by atoms with E-state index in [-0.39, 0.29) is 10.5 Å². The molecule has 17 heavy (non-hydrogen) atoms. The van der Waals surface area contributed by atoms with Crippen LogP contribution in [0.4, 0.5) is 0 Å². The quantitative estimate of drug-likeness (QED) is 0.844. The minimum atomic E-state index is -3.46. The molecular formula is C11H16N2O3S. The highest BCUT2D eigenvalue weighted by Gasteiger charge is 2.34. The summed E-state index contributed by atoms with van der Waals surface area (Å²) in [5.74, 6) is 0.736. The van der Waals surface area contributed by atoms with Crippen LogP contribution in [-0.4, -0.2) is 30.8 Å². The predicted molar refractivity (Wildman–Crippen MR) is 64.1 cm³/mol. The van der Waals surface area contributed by atoms with Gasteiger partial charge in [-0.2, -0.15) is 4.31 Å². The van der Waals surface area contributed by atoms with Gasteiger partial charge < -0.3 is 4.98 Å². The summed E-state index contributed by atoms with van der Waals surface area (Å²) in [6.07, 6.45) is 1.26. The van der Waals surface area contributed by atoms with Crippen molar-refractivity contribution in [3.63, 3.8) is 0 Å². The normalized spacial score (nSPS) is 26.2. The van der Waals surface area contributed by atoms with Gasteiger partial charge in [-0.3, -0.25) is 4.79 Å². The Kier molecular flexibility index (Phi) is 3.09. The van der Waals surface area contributed by atoms with E-state index >= 15 is 0 Å². The molecule has 6 heteroatoms. The van der Waals surface area contributed by atoms with Gasteiger partial charge in [-0.15, -0.1) is 0 Å². The number of aromatic amines is 1. The van der Waals surface area contributed by atoms with Crippen molar-refractivity contribution in [2.45, 2.75) is 18.7 Å². The zero-order valence-corrected chi connectivity index (χ0v) is 10.7. The Labute approximate surface area is 101 Å². The molecule has 0 amide bonds. The first-order valence-corrected chi connectivity index (χ1v) is 7.04. The molecule has 0 radical (unpaired) electrons. The van der Waals surface area contributed by atoms with Crippen LogP contribution < -0.4 is 5.56 Å². The molecule has 1 saturated heterocycles. The van der Waals surface area contributed by atoms with E-state index in [4.69, 9.17) is 0 Å². The van der Waals surface area contributed by atoms with Crippen molar-refractivity contribution in [3.05, 3.63) is 28.7 Å². The predicted octanol–water partition coefficient (Wildman–Crippen LogP) is 0.651.